The molecule has 2 N–H and O–H groups in total. The first-order valence-electron chi connectivity index (χ1n) is 6.69. The van der Waals surface area contributed by atoms with E-state index in [1.165, 1.54) is 32.1 Å². The molecule has 0 aromatic rings. The van der Waals surface area contributed by atoms with Crippen LogP contribution < -0.4 is 5.73 Å². The van der Waals surface area contributed by atoms with E-state index < -0.39 is 0 Å². The Bertz CT molecular complexity index is 226. The van der Waals surface area contributed by atoms with E-state index in [-0.39, 0.29) is 0 Å². The Morgan fingerprint density at radius 1 is 1.38 bits per heavy atom. The van der Waals surface area contributed by atoms with Gasteiger partial charge in [0.05, 0.1) is 6.10 Å². The second-order valence-corrected chi connectivity index (χ2v) is 5.76. The Morgan fingerprint density at radius 3 is 2.56 bits per heavy atom. The predicted molar refractivity (Wildman–Crippen MR) is 66.4 cm³/mol. The minimum atomic E-state index is 0.390. The van der Waals surface area contributed by atoms with E-state index in [4.69, 9.17) is 10.5 Å². The predicted octanol–water partition coefficient (Wildman–Crippen LogP) is 1.61. The monoisotopic (exact) mass is 226 g/mol. The van der Waals surface area contributed by atoms with Crippen molar-refractivity contribution in [1.29, 1.82) is 0 Å². The fourth-order valence-electron chi connectivity index (χ4n) is 3.50. The van der Waals surface area contributed by atoms with Gasteiger partial charge >= 0.3 is 0 Å². The van der Waals surface area contributed by atoms with Crippen LogP contribution in [0, 0.1) is 5.41 Å². The van der Waals surface area contributed by atoms with E-state index in [9.17, 15) is 0 Å². The Kier molecular flexibility index (Phi) is 3.88. The average Bonchev–Trinajstić information content (AvgIpc) is 2.87. The lowest BCUT2D eigenvalue weighted by molar-refractivity contribution is 0.0655. The Hall–Kier alpha value is -0.120. The fraction of sp³-hybridized carbons (Fsp3) is 1.00. The van der Waals surface area contributed by atoms with Crippen LogP contribution in [0.3, 0.4) is 0 Å². The molecule has 1 aliphatic carbocycles. The molecule has 2 unspecified atom stereocenters. The second kappa shape index (κ2) is 5.03. The van der Waals surface area contributed by atoms with Crippen molar-refractivity contribution < 1.29 is 4.74 Å². The average molecular weight is 226 g/mol. The lowest BCUT2D eigenvalue weighted by atomic mass is 9.85. The number of nitrogens with zero attached hydrogens (tertiary/aromatic N) is 1. The van der Waals surface area contributed by atoms with Crippen molar-refractivity contribution in [2.45, 2.75) is 51.2 Å². The molecule has 0 radical (unpaired) electrons. The zero-order valence-corrected chi connectivity index (χ0v) is 10.7. The number of ether oxygens (including phenoxy) is 1. The van der Waals surface area contributed by atoms with Gasteiger partial charge in [0, 0.05) is 19.2 Å². The van der Waals surface area contributed by atoms with Crippen molar-refractivity contribution in [1.82, 2.24) is 4.90 Å². The Morgan fingerprint density at radius 2 is 2.06 bits per heavy atom. The highest BCUT2D eigenvalue weighted by atomic mass is 16.5. The number of hydrogen-bond donors (Lipinski definition) is 1. The SMILES string of the molecule is CC1OCCC1N(C)CC1(CN)CCCC1. The molecule has 94 valence electrons. The van der Waals surface area contributed by atoms with E-state index in [0.29, 0.717) is 17.6 Å². The van der Waals surface area contributed by atoms with Crippen LogP contribution in [0.5, 0.6) is 0 Å². The highest BCUT2D eigenvalue weighted by molar-refractivity contribution is 4.91. The van der Waals surface area contributed by atoms with Gasteiger partial charge in [-0.3, -0.25) is 0 Å². The van der Waals surface area contributed by atoms with Crippen molar-refractivity contribution in [2.24, 2.45) is 11.1 Å². The Labute approximate surface area is 99.3 Å². The van der Waals surface area contributed by atoms with Gasteiger partial charge in [0.25, 0.3) is 0 Å². The minimum Gasteiger partial charge on any atom is -0.377 e. The summed E-state index contributed by atoms with van der Waals surface area (Å²) in [5.41, 5.74) is 6.39. The summed E-state index contributed by atoms with van der Waals surface area (Å²) in [6.07, 6.45) is 6.93. The van der Waals surface area contributed by atoms with Crippen molar-refractivity contribution in [3.8, 4) is 0 Å². The lowest BCUT2D eigenvalue weighted by Gasteiger charge is -2.36. The summed E-state index contributed by atoms with van der Waals surface area (Å²) in [4.78, 5) is 2.50. The van der Waals surface area contributed by atoms with Gasteiger partial charge in [-0.25, -0.2) is 0 Å². The molecule has 2 fully saturated rings. The standard InChI is InChI=1S/C13H26N2O/c1-11-12(5-8-16-11)15(2)10-13(9-14)6-3-4-7-13/h11-12H,3-10,14H2,1-2H3. The first-order chi connectivity index (χ1) is 7.67. The summed E-state index contributed by atoms with van der Waals surface area (Å²) in [7, 11) is 2.24. The molecule has 0 aromatic carbocycles. The molecule has 0 bridgehead atoms. The lowest BCUT2D eigenvalue weighted by Crippen LogP contribution is -2.45. The second-order valence-electron chi connectivity index (χ2n) is 5.76. The highest BCUT2D eigenvalue weighted by Crippen LogP contribution is 2.38. The topological polar surface area (TPSA) is 38.5 Å². The molecule has 0 amide bonds. The molecule has 1 saturated carbocycles. The number of nitrogens with two attached hydrogens (primary N) is 1. The molecule has 1 saturated heterocycles. The van der Waals surface area contributed by atoms with Crippen LogP contribution in [0.4, 0.5) is 0 Å². The van der Waals surface area contributed by atoms with Gasteiger partial charge in [-0.1, -0.05) is 12.8 Å². The van der Waals surface area contributed by atoms with Crippen LogP contribution in [-0.2, 0) is 4.74 Å². The third-order valence-electron chi connectivity index (χ3n) is 4.58. The largest absolute Gasteiger partial charge is 0.377 e. The number of rotatable bonds is 4. The molecule has 2 aliphatic rings. The van der Waals surface area contributed by atoms with Crippen LogP contribution in [0.2, 0.25) is 0 Å². The number of likely N-dealkylation sites (N-methyl/N-ethyl adjacent to an activating group) is 1. The molecule has 1 aliphatic heterocycles. The summed E-state index contributed by atoms with van der Waals surface area (Å²) >= 11 is 0. The third kappa shape index (κ3) is 2.41. The van der Waals surface area contributed by atoms with Crippen LogP contribution >= 0.6 is 0 Å². The number of hydrogen-bond acceptors (Lipinski definition) is 3. The van der Waals surface area contributed by atoms with Crippen molar-refractivity contribution in [3.05, 3.63) is 0 Å². The molecule has 0 spiro atoms. The molecule has 3 heteroatoms. The van der Waals surface area contributed by atoms with Crippen molar-refractivity contribution in [3.63, 3.8) is 0 Å². The summed E-state index contributed by atoms with van der Waals surface area (Å²) in [5, 5.41) is 0. The van der Waals surface area contributed by atoms with Crippen LogP contribution in [0.1, 0.15) is 39.0 Å². The quantitative estimate of drug-likeness (QED) is 0.791. The first kappa shape index (κ1) is 12.3. The van der Waals surface area contributed by atoms with E-state index in [2.05, 4.69) is 18.9 Å². The van der Waals surface area contributed by atoms with Gasteiger partial charge in [-0.05, 0) is 45.2 Å². The van der Waals surface area contributed by atoms with E-state index in [0.717, 1.165) is 19.7 Å². The molecule has 3 nitrogen and oxygen atoms in total. The maximum Gasteiger partial charge on any atom is 0.0702 e. The van der Waals surface area contributed by atoms with Gasteiger partial charge in [0.1, 0.15) is 0 Å². The minimum absolute atomic E-state index is 0.390. The summed E-state index contributed by atoms with van der Waals surface area (Å²) in [6.45, 7) is 5.12. The fourth-order valence-corrected chi connectivity index (χ4v) is 3.50. The maximum absolute atomic E-state index is 5.99. The van der Waals surface area contributed by atoms with Gasteiger partial charge in [0.15, 0.2) is 0 Å². The van der Waals surface area contributed by atoms with Gasteiger partial charge in [0.2, 0.25) is 0 Å². The normalized spacial score (nSPS) is 33.8. The molecular weight excluding hydrogens is 200 g/mol. The van der Waals surface area contributed by atoms with Gasteiger partial charge < -0.3 is 15.4 Å². The molecule has 2 atom stereocenters. The zero-order chi connectivity index (χ0) is 11.6. The Balaban J connectivity index is 1.92. The van der Waals surface area contributed by atoms with Gasteiger partial charge in [-0.2, -0.15) is 0 Å². The van der Waals surface area contributed by atoms with E-state index >= 15 is 0 Å². The highest BCUT2D eigenvalue weighted by Gasteiger charge is 2.37. The maximum atomic E-state index is 5.99. The molecular formula is C13H26N2O. The zero-order valence-electron chi connectivity index (χ0n) is 10.7. The van der Waals surface area contributed by atoms with Crippen LogP contribution in [0.25, 0.3) is 0 Å². The van der Waals surface area contributed by atoms with E-state index in [1.54, 1.807) is 0 Å². The molecule has 16 heavy (non-hydrogen) atoms. The molecule has 2 rings (SSSR count). The summed E-state index contributed by atoms with van der Waals surface area (Å²) in [5.74, 6) is 0. The van der Waals surface area contributed by atoms with E-state index in [1.807, 2.05) is 0 Å². The molecule has 0 aromatic heterocycles. The van der Waals surface area contributed by atoms with Crippen molar-refractivity contribution >= 4 is 0 Å². The molecule has 1 heterocycles. The van der Waals surface area contributed by atoms with Crippen LogP contribution in [-0.4, -0.2) is 43.8 Å². The van der Waals surface area contributed by atoms with Crippen LogP contribution in [0.15, 0.2) is 0 Å². The smallest absolute Gasteiger partial charge is 0.0702 e. The first-order valence-corrected chi connectivity index (χ1v) is 6.69. The summed E-state index contributed by atoms with van der Waals surface area (Å²) in [6, 6.07) is 0.601. The van der Waals surface area contributed by atoms with Crippen molar-refractivity contribution in [2.75, 3.05) is 26.7 Å². The third-order valence-corrected chi connectivity index (χ3v) is 4.58. The summed E-state index contributed by atoms with van der Waals surface area (Å²) < 4.78 is 5.64. The van der Waals surface area contributed by atoms with Gasteiger partial charge in [-0.15, -0.1) is 0 Å².